The molecule has 1 fully saturated rings. The van der Waals surface area contributed by atoms with Crippen LogP contribution in [-0.4, -0.2) is 30.8 Å². The van der Waals surface area contributed by atoms with Gasteiger partial charge in [-0.2, -0.15) is 0 Å². The Balaban J connectivity index is 1.92. The largest absolute Gasteiger partial charge is 0.471 e. The highest BCUT2D eigenvalue weighted by Gasteiger charge is 2.19. The third-order valence-corrected chi connectivity index (χ3v) is 3.57. The maximum Gasteiger partial charge on any atom is 0.221 e. The molecule has 0 saturated carbocycles. The van der Waals surface area contributed by atoms with Crippen LogP contribution in [0.4, 0.5) is 0 Å². The fraction of sp³-hybridized carbons (Fsp3) is 0.438. The highest BCUT2D eigenvalue weighted by atomic mass is 16.5. The molecule has 4 heteroatoms. The minimum Gasteiger partial charge on any atom is -0.471 e. The second-order valence-corrected chi connectivity index (χ2v) is 5.02. The molecule has 0 spiro atoms. The maximum absolute atomic E-state index is 5.99. The minimum atomic E-state index is 0.130. The topological polar surface area (TPSA) is 43.4 Å². The molecule has 0 radical (unpaired) electrons. The molecule has 1 atom stereocenters. The maximum atomic E-state index is 5.99. The van der Waals surface area contributed by atoms with Gasteiger partial charge in [-0.3, -0.25) is 0 Å². The van der Waals surface area contributed by atoms with Gasteiger partial charge in [-0.1, -0.05) is 25.1 Å². The average Bonchev–Trinajstić information content (AvgIpc) is 2.99. The molecule has 20 heavy (non-hydrogen) atoms. The van der Waals surface area contributed by atoms with E-state index in [0.29, 0.717) is 6.61 Å². The molecule has 1 aromatic carbocycles. The third-order valence-electron chi connectivity index (χ3n) is 3.57. The lowest BCUT2D eigenvalue weighted by atomic mass is 10.1. The lowest BCUT2D eigenvalue weighted by Crippen LogP contribution is -2.17. The van der Waals surface area contributed by atoms with Gasteiger partial charge in [-0.15, -0.1) is 0 Å². The number of hydrogen-bond donors (Lipinski definition) is 1. The number of rotatable bonds is 5. The molecule has 2 heterocycles. The zero-order valence-electron chi connectivity index (χ0n) is 11.8. The fourth-order valence-electron chi connectivity index (χ4n) is 2.48. The summed E-state index contributed by atoms with van der Waals surface area (Å²) in [5.41, 5.74) is 1.21. The first kappa shape index (κ1) is 13.3. The average molecular weight is 272 g/mol. The van der Waals surface area contributed by atoms with Crippen molar-refractivity contribution in [1.82, 2.24) is 10.3 Å². The number of benzene rings is 1. The molecule has 1 aliphatic heterocycles. The van der Waals surface area contributed by atoms with Gasteiger partial charge >= 0.3 is 0 Å². The van der Waals surface area contributed by atoms with E-state index in [4.69, 9.17) is 9.47 Å². The predicted octanol–water partition coefficient (Wildman–Crippen LogP) is 2.51. The van der Waals surface area contributed by atoms with Gasteiger partial charge in [0, 0.05) is 24.5 Å². The molecule has 1 aromatic heterocycles. The number of aromatic nitrogens is 1. The van der Waals surface area contributed by atoms with Crippen molar-refractivity contribution in [3.8, 4) is 5.88 Å². The van der Waals surface area contributed by atoms with E-state index in [-0.39, 0.29) is 6.10 Å². The lowest BCUT2D eigenvalue weighted by Gasteiger charge is -2.14. The van der Waals surface area contributed by atoms with E-state index in [0.717, 1.165) is 37.4 Å². The van der Waals surface area contributed by atoms with Crippen molar-refractivity contribution in [3.63, 3.8) is 0 Å². The van der Waals surface area contributed by atoms with Crippen LogP contribution < -0.4 is 10.1 Å². The van der Waals surface area contributed by atoms with Crippen molar-refractivity contribution in [1.29, 1.82) is 0 Å². The van der Waals surface area contributed by atoms with Crippen LogP contribution in [0.15, 0.2) is 30.5 Å². The molecular formula is C16H20N2O2. The Kier molecular flexibility index (Phi) is 4.14. The van der Waals surface area contributed by atoms with Crippen molar-refractivity contribution < 1.29 is 9.47 Å². The van der Waals surface area contributed by atoms with E-state index in [2.05, 4.69) is 35.4 Å². The number of nitrogens with one attached hydrogen (secondary N) is 1. The highest BCUT2D eigenvalue weighted by molar-refractivity contribution is 5.89. The summed E-state index contributed by atoms with van der Waals surface area (Å²) in [6.45, 7) is 5.33. The van der Waals surface area contributed by atoms with E-state index in [1.54, 1.807) is 0 Å². The van der Waals surface area contributed by atoms with Crippen molar-refractivity contribution in [2.24, 2.45) is 0 Å². The standard InChI is InChI=1S/C16H20N2O2/c1-2-17-9-12-10-18-16(20-13-7-8-19-11-13)15-6-4-3-5-14(12)15/h3-6,10,13,17H,2,7-9,11H2,1H3. The fourth-order valence-corrected chi connectivity index (χ4v) is 2.48. The molecule has 0 aliphatic carbocycles. The molecule has 0 amide bonds. The second-order valence-electron chi connectivity index (χ2n) is 5.02. The van der Waals surface area contributed by atoms with Crippen molar-refractivity contribution in [2.45, 2.75) is 26.0 Å². The monoisotopic (exact) mass is 272 g/mol. The normalized spacial score (nSPS) is 18.6. The Bertz CT molecular complexity index is 580. The van der Waals surface area contributed by atoms with Crippen LogP contribution in [0.2, 0.25) is 0 Å². The van der Waals surface area contributed by atoms with E-state index < -0.39 is 0 Å². The predicted molar refractivity (Wildman–Crippen MR) is 79.0 cm³/mol. The van der Waals surface area contributed by atoms with Gasteiger partial charge in [0.2, 0.25) is 5.88 Å². The first-order chi connectivity index (χ1) is 9.88. The molecule has 106 valence electrons. The van der Waals surface area contributed by atoms with Crippen molar-refractivity contribution >= 4 is 10.8 Å². The Hall–Kier alpha value is -1.65. The van der Waals surface area contributed by atoms with Gasteiger partial charge in [-0.25, -0.2) is 4.98 Å². The Morgan fingerprint density at radius 2 is 2.20 bits per heavy atom. The van der Waals surface area contributed by atoms with E-state index in [9.17, 15) is 0 Å². The van der Waals surface area contributed by atoms with Crippen LogP contribution in [0.3, 0.4) is 0 Å². The van der Waals surface area contributed by atoms with Crippen LogP contribution in [0, 0.1) is 0 Å². The van der Waals surface area contributed by atoms with Crippen LogP contribution in [0.1, 0.15) is 18.9 Å². The number of fused-ring (bicyclic) bond motifs is 1. The lowest BCUT2D eigenvalue weighted by molar-refractivity contribution is 0.139. The van der Waals surface area contributed by atoms with Gasteiger partial charge in [0.05, 0.1) is 13.2 Å². The van der Waals surface area contributed by atoms with Crippen molar-refractivity contribution in [2.75, 3.05) is 19.8 Å². The number of ether oxygens (including phenoxy) is 2. The first-order valence-electron chi connectivity index (χ1n) is 7.20. The second kappa shape index (κ2) is 6.20. The molecule has 1 aliphatic rings. The summed E-state index contributed by atoms with van der Waals surface area (Å²) in [6.07, 6.45) is 2.98. The summed E-state index contributed by atoms with van der Waals surface area (Å²) in [4.78, 5) is 4.51. The zero-order valence-corrected chi connectivity index (χ0v) is 11.8. The Labute approximate surface area is 119 Å². The Morgan fingerprint density at radius 3 is 2.95 bits per heavy atom. The number of hydrogen-bond acceptors (Lipinski definition) is 4. The van der Waals surface area contributed by atoms with E-state index in [1.807, 2.05) is 12.3 Å². The summed E-state index contributed by atoms with van der Waals surface area (Å²) in [5, 5.41) is 5.63. The summed E-state index contributed by atoms with van der Waals surface area (Å²) in [5.74, 6) is 0.719. The van der Waals surface area contributed by atoms with E-state index in [1.165, 1.54) is 10.9 Å². The molecule has 0 bridgehead atoms. The summed E-state index contributed by atoms with van der Waals surface area (Å²) >= 11 is 0. The SMILES string of the molecule is CCNCc1cnc(OC2CCOC2)c2ccccc12. The van der Waals surface area contributed by atoms with Gasteiger partial charge in [0.25, 0.3) is 0 Å². The van der Waals surface area contributed by atoms with Gasteiger partial charge in [0.1, 0.15) is 6.10 Å². The zero-order chi connectivity index (χ0) is 13.8. The summed E-state index contributed by atoms with van der Waals surface area (Å²) in [7, 11) is 0. The number of nitrogens with zero attached hydrogens (tertiary/aromatic N) is 1. The van der Waals surface area contributed by atoms with Crippen LogP contribution in [0.5, 0.6) is 5.88 Å². The van der Waals surface area contributed by atoms with Crippen LogP contribution in [0.25, 0.3) is 10.8 Å². The molecule has 1 saturated heterocycles. The summed E-state index contributed by atoms with van der Waals surface area (Å²) in [6, 6.07) is 8.28. The van der Waals surface area contributed by atoms with Gasteiger partial charge in [0.15, 0.2) is 0 Å². The third kappa shape index (κ3) is 2.76. The molecule has 4 nitrogen and oxygen atoms in total. The van der Waals surface area contributed by atoms with E-state index >= 15 is 0 Å². The van der Waals surface area contributed by atoms with Crippen molar-refractivity contribution in [3.05, 3.63) is 36.0 Å². The van der Waals surface area contributed by atoms with Crippen LogP contribution in [-0.2, 0) is 11.3 Å². The highest BCUT2D eigenvalue weighted by Crippen LogP contribution is 2.27. The van der Waals surface area contributed by atoms with Crippen LogP contribution >= 0.6 is 0 Å². The minimum absolute atomic E-state index is 0.130. The Morgan fingerprint density at radius 1 is 1.35 bits per heavy atom. The molecule has 2 aromatic rings. The molecule has 1 unspecified atom stereocenters. The smallest absolute Gasteiger partial charge is 0.221 e. The molecule has 1 N–H and O–H groups in total. The van der Waals surface area contributed by atoms with Gasteiger partial charge in [-0.05, 0) is 23.6 Å². The molecule has 3 rings (SSSR count). The molecular weight excluding hydrogens is 252 g/mol. The first-order valence-corrected chi connectivity index (χ1v) is 7.20. The quantitative estimate of drug-likeness (QED) is 0.908. The summed E-state index contributed by atoms with van der Waals surface area (Å²) < 4.78 is 11.3. The number of pyridine rings is 1. The van der Waals surface area contributed by atoms with Gasteiger partial charge < -0.3 is 14.8 Å².